The first-order valence-electron chi connectivity index (χ1n) is 7.13. The molecule has 0 saturated carbocycles. The lowest BCUT2D eigenvalue weighted by Crippen LogP contribution is -2.47. The van der Waals surface area contributed by atoms with Gasteiger partial charge in [0.25, 0.3) is 12.9 Å². The van der Waals surface area contributed by atoms with Crippen LogP contribution < -0.4 is 5.30 Å². The Kier molecular flexibility index (Phi) is 6.23. The molecule has 0 amide bonds. The highest BCUT2D eigenvalue weighted by atomic mass is 31.2. The fraction of sp³-hybridized carbons (Fsp3) is 0.188. The van der Waals surface area contributed by atoms with E-state index in [-0.39, 0.29) is 10.9 Å². The van der Waals surface area contributed by atoms with E-state index >= 15 is 0 Å². The molecular formula is C16H19O6PSi. The third-order valence-electron chi connectivity index (χ3n) is 3.37. The van der Waals surface area contributed by atoms with Crippen molar-refractivity contribution in [2.24, 2.45) is 0 Å². The van der Waals surface area contributed by atoms with Gasteiger partial charge in [0.1, 0.15) is 0 Å². The number of hydrogen-bond acceptors (Lipinski definition) is 6. The molecule has 0 spiro atoms. The van der Waals surface area contributed by atoms with Crippen LogP contribution >= 0.6 is 7.37 Å². The van der Waals surface area contributed by atoms with Crippen molar-refractivity contribution in [3.8, 4) is 0 Å². The van der Waals surface area contributed by atoms with Gasteiger partial charge in [0.15, 0.2) is 0 Å². The van der Waals surface area contributed by atoms with Crippen molar-refractivity contribution in [2.75, 3.05) is 21.3 Å². The topological polar surface area (TPSA) is 71.1 Å². The summed E-state index contributed by atoms with van der Waals surface area (Å²) in [5.74, 6) is 0. The minimum Gasteiger partial charge on any atom is -0.354 e. The summed E-state index contributed by atoms with van der Waals surface area (Å²) in [4.78, 5) is 13.0. The number of rotatable bonds is 8. The molecule has 0 aliphatic carbocycles. The van der Waals surface area contributed by atoms with Crippen LogP contribution in [0.15, 0.2) is 60.7 Å². The zero-order chi connectivity index (χ0) is 17.6. The Labute approximate surface area is 142 Å². The lowest BCUT2D eigenvalue weighted by atomic mass is 10.2. The highest BCUT2D eigenvalue weighted by Gasteiger charge is 2.52. The van der Waals surface area contributed by atoms with Crippen molar-refractivity contribution >= 4 is 27.2 Å². The van der Waals surface area contributed by atoms with Gasteiger partial charge in [0.05, 0.1) is 0 Å². The van der Waals surface area contributed by atoms with Gasteiger partial charge in [0, 0.05) is 32.2 Å². The van der Waals surface area contributed by atoms with Crippen LogP contribution in [-0.2, 0) is 22.1 Å². The molecule has 0 aliphatic heterocycles. The molecule has 0 bridgehead atoms. The summed E-state index contributed by atoms with van der Waals surface area (Å²) < 4.78 is 34.8. The summed E-state index contributed by atoms with van der Waals surface area (Å²) in [6, 6.07) is 16.6. The van der Waals surface area contributed by atoms with Gasteiger partial charge in [0.2, 0.25) is 0 Å². The van der Waals surface area contributed by atoms with Gasteiger partial charge in [-0.2, -0.15) is 0 Å². The molecule has 0 N–H and O–H groups in total. The van der Waals surface area contributed by atoms with Gasteiger partial charge in [-0.05, 0) is 12.1 Å². The normalized spacial score (nSPS) is 14.1. The molecule has 6 nitrogen and oxygen atoms in total. The van der Waals surface area contributed by atoms with Crippen molar-refractivity contribution in [2.45, 2.75) is 0 Å². The first-order valence-corrected chi connectivity index (χ1v) is 10.4. The molecule has 128 valence electrons. The Hall–Kier alpha value is -1.60. The maximum absolute atomic E-state index is 13.6. The SMILES string of the molecule is CO[Si](OC)(OC)OP(=O)(C(=O)c1ccccc1)c1ccccc1. The van der Waals surface area contributed by atoms with Crippen LogP contribution in [0.3, 0.4) is 0 Å². The monoisotopic (exact) mass is 366 g/mol. The third kappa shape index (κ3) is 3.72. The average molecular weight is 366 g/mol. The van der Waals surface area contributed by atoms with Crippen LogP contribution in [0.2, 0.25) is 0 Å². The van der Waals surface area contributed by atoms with Crippen molar-refractivity contribution in [3.05, 3.63) is 66.2 Å². The second kappa shape index (κ2) is 7.98. The number of carbonyl (C=O) groups is 1. The predicted octanol–water partition coefficient (Wildman–Crippen LogP) is 2.82. The molecule has 0 aliphatic rings. The number of carbonyl (C=O) groups excluding carboxylic acids is 1. The molecule has 0 heterocycles. The van der Waals surface area contributed by atoms with Crippen LogP contribution in [0, 0.1) is 0 Å². The lowest BCUT2D eigenvalue weighted by Gasteiger charge is -2.27. The van der Waals surface area contributed by atoms with Crippen molar-refractivity contribution in [1.29, 1.82) is 0 Å². The lowest BCUT2D eigenvalue weighted by molar-refractivity contribution is 0.0520. The first-order chi connectivity index (χ1) is 11.5. The maximum Gasteiger partial charge on any atom is 0.684 e. The first kappa shape index (κ1) is 18.7. The molecule has 8 heteroatoms. The van der Waals surface area contributed by atoms with Crippen molar-refractivity contribution in [1.82, 2.24) is 0 Å². The van der Waals surface area contributed by atoms with Crippen LogP contribution in [0.4, 0.5) is 0 Å². The van der Waals surface area contributed by atoms with E-state index in [2.05, 4.69) is 0 Å². The van der Waals surface area contributed by atoms with E-state index in [0.29, 0.717) is 0 Å². The second-order valence-electron chi connectivity index (χ2n) is 4.76. The smallest absolute Gasteiger partial charge is 0.354 e. The quantitative estimate of drug-likeness (QED) is 0.528. The predicted molar refractivity (Wildman–Crippen MR) is 92.3 cm³/mol. The summed E-state index contributed by atoms with van der Waals surface area (Å²) in [5, 5.41) is 0.252. The Morgan fingerprint density at radius 1 is 0.833 bits per heavy atom. The summed E-state index contributed by atoms with van der Waals surface area (Å²) in [7, 11) is -3.76. The zero-order valence-electron chi connectivity index (χ0n) is 13.7. The third-order valence-corrected chi connectivity index (χ3v) is 8.57. The molecule has 0 radical (unpaired) electrons. The molecule has 1 atom stereocenters. The van der Waals surface area contributed by atoms with E-state index in [1.165, 1.54) is 21.3 Å². The number of benzene rings is 2. The van der Waals surface area contributed by atoms with E-state index in [9.17, 15) is 9.36 Å². The molecule has 2 aromatic carbocycles. The van der Waals surface area contributed by atoms with Gasteiger partial charge in [-0.3, -0.25) is 13.6 Å². The zero-order valence-corrected chi connectivity index (χ0v) is 15.6. The summed E-state index contributed by atoms with van der Waals surface area (Å²) in [6.45, 7) is 0. The molecule has 0 fully saturated rings. The molecule has 2 aromatic rings. The second-order valence-corrected chi connectivity index (χ2v) is 9.74. The van der Waals surface area contributed by atoms with Crippen LogP contribution in [-0.4, -0.2) is 35.9 Å². The molecule has 0 aromatic heterocycles. The highest BCUT2D eigenvalue weighted by molar-refractivity contribution is 7.84. The molecule has 0 saturated heterocycles. The highest BCUT2D eigenvalue weighted by Crippen LogP contribution is 2.51. The Morgan fingerprint density at radius 3 is 1.75 bits per heavy atom. The van der Waals surface area contributed by atoms with E-state index in [1.54, 1.807) is 60.7 Å². The van der Waals surface area contributed by atoms with Crippen LogP contribution in [0.25, 0.3) is 0 Å². The fourth-order valence-corrected chi connectivity index (χ4v) is 6.80. The summed E-state index contributed by atoms with van der Waals surface area (Å²) >= 11 is 0. The van der Waals surface area contributed by atoms with Gasteiger partial charge in [-0.1, -0.05) is 48.5 Å². The molecule has 1 unspecified atom stereocenters. The molecule has 24 heavy (non-hydrogen) atoms. The summed E-state index contributed by atoms with van der Waals surface area (Å²) in [6.07, 6.45) is 0. The summed E-state index contributed by atoms with van der Waals surface area (Å²) in [5.41, 5.74) is -0.367. The largest absolute Gasteiger partial charge is 0.684 e. The minimum atomic E-state index is -4.01. The van der Waals surface area contributed by atoms with E-state index in [4.69, 9.17) is 17.5 Å². The Balaban J connectivity index is 2.55. The fourth-order valence-electron chi connectivity index (χ4n) is 2.11. The van der Waals surface area contributed by atoms with Crippen LogP contribution in [0.5, 0.6) is 0 Å². The standard InChI is InChI=1S/C16H19O6PSi/c1-19-24(20-2,21-3)22-23(18,15-12-8-5-9-13-15)16(17)14-10-6-4-7-11-14/h4-13H,1-3H3. The molecule has 2 rings (SSSR count). The average Bonchev–Trinajstić information content (AvgIpc) is 2.67. The van der Waals surface area contributed by atoms with Gasteiger partial charge >= 0.3 is 9.05 Å². The number of hydrogen-bond donors (Lipinski definition) is 0. The maximum atomic E-state index is 13.6. The van der Waals surface area contributed by atoms with E-state index in [1.807, 2.05) is 0 Å². The van der Waals surface area contributed by atoms with Gasteiger partial charge in [-0.15, -0.1) is 0 Å². The Bertz CT molecular complexity index is 710. The van der Waals surface area contributed by atoms with E-state index in [0.717, 1.165) is 0 Å². The van der Waals surface area contributed by atoms with Gasteiger partial charge < -0.3 is 13.3 Å². The van der Waals surface area contributed by atoms with Crippen LogP contribution in [0.1, 0.15) is 10.4 Å². The minimum absolute atomic E-state index is 0.252. The Morgan fingerprint density at radius 2 is 1.29 bits per heavy atom. The molecular weight excluding hydrogens is 347 g/mol. The van der Waals surface area contributed by atoms with Crippen molar-refractivity contribution < 1.29 is 26.9 Å². The van der Waals surface area contributed by atoms with E-state index < -0.39 is 21.9 Å². The van der Waals surface area contributed by atoms with Gasteiger partial charge in [-0.25, -0.2) is 0 Å². The van der Waals surface area contributed by atoms with Crippen molar-refractivity contribution in [3.63, 3.8) is 0 Å².